The summed E-state index contributed by atoms with van der Waals surface area (Å²) in [4.78, 5) is 39.0. The van der Waals surface area contributed by atoms with E-state index in [0.29, 0.717) is 41.5 Å². The van der Waals surface area contributed by atoms with Gasteiger partial charge in [-0.15, -0.1) is 0 Å². The fourth-order valence-electron chi connectivity index (χ4n) is 4.22. The van der Waals surface area contributed by atoms with E-state index in [4.69, 9.17) is 9.84 Å². The molecule has 4 aromatic rings. The van der Waals surface area contributed by atoms with E-state index in [0.717, 1.165) is 12.0 Å². The van der Waals surface area contributed by atoms with Crippen LogP contribution in [0.4, 0.5) is 11.5 Å². The van der Waals surface area contributed by atoms with Crippen molar-refractivity contribution in [1.29, 1.82) is 0 Å². The summed E-state index contributed by atoms with van der Waals surface area (Å²) in [5, 5.41) is 19.0. The zero-order chi connectivity index (χ0) is 28.6. The van der Waals surface area contributed by atoms with Crippen molar-refractivity contribution in [3.63, 3.8) is 0 Å². The lowest BCUT2D eigenvalue weighted by Gasteiger charge is -2.22. The minimum Gasteiger partial charge on any atom is -0.497 e. The lowest BCUT2D eigenvalue weighted by Crippen LogP contribution is -2.39. The number of nitro benzene ring substituents is 1. The van der Waals surface area contributed by atoms with Gasteiger partial charge in [0, 0.05) is 35.4 Å². The highest BCUT2D eigenvalue weighted by Crippen LogP contribution is 2.26. The molecule has 206 valence electrons. The van der Waals surface area contributed by atoms with Gasteiger partial charge in [-0.05, 0) is 43.7 Å². The molecular formula is C30H31N5O5. The minimum absolute atomic E-state index is 0.137. The van der Waals surface area contributed by atoms with Gasteiger partial charge in [0.25, 0.3) is 11.6 Å². The maximum Gasteiger partial charge on any atom is 0.273 e. The molecule has 0 aliphatic rings. The highest BCUT2D eigenvalue weighted by Gasteiger charge is 2.23. The highest BCUT2D eigenvalue weighted by atomic mass is 16.6. The molecule has 1 N–H and O–H groups in total. The van der Waals surface area contributed by atoms with E-state index in [1.165, 1.54) is 11.0 Å². The van der Waals surface area contributed by atoms with Crippen LogP contribution in [0.15, 0.2) is 78.9 Å². The zero-order valence-corrected chi connectivity index (χ0v) is 22.7. The molecule has 4 rings (SSSR count). The Bertz CT molecular complexity index is 1500. The number of rotatable bonds is 11. The minimum atomic E-state index is -0.514. The number of aryl methyl sites for hydroxylation is 1. The second-order valence-corrected chi connectivity index (χ2v) is 9.28. The topological polar surface area (TPSA) is 120 Å². The third-order valence-corrected chi connectivity index (χ3v) is 6.42. The Balaban J connectivity index is 1.61. The second-order valence-electron chi connectivity index (χ2n) is 9.28. The first-order valence-electron chi connectivity index (χ1n) is 12.9. The molecule has 3 aromatic carbocycles. The Hall–Kier alpha value is -4.99. The van der Waals surface area contributed by atoms with Gasteiger partial charge < -0.3 is 15.0 Å². The van der Waals surface area contributed by atoms with Gasteiger partial charge in [0.15, 0.2) is 0 Å². The molecular weight excluding hydrogens is 510 g/mol. The molecule has 0 aliphatic carbocycles. The molecule has 0 saturated carbocycles. The van der Waals surface area contributed by atoms with E-state index in [1.54, 1.807) is 49.0 Å². The van der Waals surface area contributed by atoms with Crippen LogP contribution in [0.2, 0.25) is 0 Å². The summed E-state index contributed by atoms with van der Waals surface area (Å²) in [5.74, 6) is 0.259. The van der Waals surface area contributed by atoms with Gasteiger partial charge >= 0.3 is 0 Å². The van der Waals surface area contributed by atoms with Crippen LogP contribution in [0.1, 0.15) is 35.7 Å². The maximum atomic E-state index is 13.4. The predicted octanol–water partition coefficient (Wildman–Crippen LogP) is 5.65. The number of anilines is 1. The third kappa shape index (κ3) is 6.52. The van der Waals surface area contributed by atoms with E-state index in [-0.39, 0.29) is 17.8 Å². The molecule has 0 aliphatic heterocycles. The summed E-state index contributed by atoms with van der Waals surface area (Å²) in [7, 11) is 1.59. The molecule has 0 spiro atoms. The van der Waals surface area contributed by atoms with Crippen LogP contribution in [-0.4, -0.2) is 51.6 Å². The molecule has 0 fully saturated rings. The smallest absolute Gasteiger partial charge is 0.273 e. The highest BCUT2D eigenvalue weighted by molar-refractivity contribution is 5.99. The van der Waals surface area contributed by atoms with Crippen LogP contribution in [0.5, 0.6) is 5.75 Å². The van der Waals surface area contributed by atoms with Crippen molar-refractivity contribution >= 4 is 23.3 Å². The number of hydrogen-bond acceptors (Lipinski definition) is 6. The van der Waals surface area contributed by atoms with Crippen molar-refractivity contribution in [2.75, 3.05) is 25.5 Å². The van der Waals surface area contributed by atoms with Gasteiger partial charge in [0.05, 0.1) is 23.4 Å². The quantitative estimate of drug-likeness (QED) is 0.194. The number of aromatic nitrogens is 2. The number of hydrogen-bond donors (Lipinski definition) is 1. The number of nitro groups is 1. The molecule has 0 radical (unpaired) electrons. The van der Waals surface area contributed by atoms with Crippen LogP contribution >= 0.6 is 0 Å². The number of carbonyl (C=O) groups is 2. The number of nitrogens with zero attached hydrogens (tertiary/aromatic N) is 4. The van der Waals surface area contributed by atoms with Crippen molar-refractivity contribution in [2.45, 2.75) is 26.7 Å². The van der Waals surface area contributed by atoms with Crippen molar-refractivity contribution < 1.29 is 19.2 Å². The Labute approximate surface area is 232 Å². The molecule has 10 nitrogen and oxygen atoms in total. The molecule has 0 bridgehead atoms. The average molecular weight is 542 g/mol. The Morgan fingerprint density at radius 1 is 1.05 bits per heavy atom. The molecule has 10 heteroatoms. The van der Waals surface area contributed by atoms with Gasteiger partial charge in [-0.2, -0.15) is 5.10 Å². The standard InChI is InChI=1S/C30H31N5O5/c1-4-5-17-33(30(37)23-12-11-21(2)27(18-23)35(38)39)20-29(36)31-28-19-26(22-9-7-6-8-10-22)32-34(28)24-13-15-25(40-3)16-14-24/h6-16,18-19H,4-5,17,20H2,1-3H3,(H,31,36). The van der Waals surface area contributed by atoms with Crippen LogP contribution in [0.25, 0.3) is 16.9 Å². The third-order valence-electron chi connectivity index (χ3n) is 6.42. The lowest BCUT2D eigenvalue weighted by atomic mass is 10.1. The summed E-state index contributed by atoms with van der Waals surface area (Å²) < 4.78 is 6.89. The van der Waals surface area contributed by atoms with E-state index < -0.39 is 16.7 Å². The largest absolute Gasteiger partial charge is 0.497 e. The summed E-state index contributed by atoms with van der Waals surface area (Å²) >= 11 is 0. The van der Waals surface area contributed by atoms with E-state index in [2.05, 4.69) is 5.32 Å². The number of nitrogens with one attached hydrogen (secondary N) is 1. The molecule has 40 heavy (non-hydrogen) atoms. The van der Waals surface area contributed by atoms with Crippen molar-refractivity contribution in [3.8, 4) is 22.7 Å². The van der Waals surface area contributed by atoms with E-state index in [1.807, 2.05) is 49.4 Å². The number of carbonyl (C=O) groups excluding carboxylic acids is 2. The molecule has 0 unspecified atom stereocenters. The number of amides is 2. The molecule has 1 heterocycles. The zero-order valence-electron chi connectivity index (χ0n) is 22.7. The van der Waals surface area contributed by atoms with Crippen molar-refractivity contribution in [3.05, 3.63) is 100 Å². The average Bonchev–Trinajstić information content (AvgIpc) is 3.39. The van der Waals surface area contributed by atoms with Crippen LogP contribution in [0.3, 0.4) is 0 Å². The monoisotopic (exact) mass is 541 g/mol. The number of unbranched alkanes of at least 4 members (excludes halogenated alkanes) is 1. The lowest BCUT2D eigenvalue weighted by molar-refractivity contribution is -0.385. The van der Waals surface area contributed by atoms with Gasteiger partial charge in [-0.1, -0.05) is 49.7 Å². The Kier molecular flexibility index (Phi) is 8.90. The van der Waals surface area contributed by atoms with Gasteiger partial charge in [-0.3, -0.25) is 19.7 Å². The fraction of sp³-hybridized carbons (Fsp3) is 0.233. The first-order chi connectivity index (χ1) is 19.3. The molecule has 0 atom stereocenters. The fourth-order valence-corrected chi connectivity index (χ4v) is 4.22. The van der Waals surface area contributed by atoms with Crippen LogP contribution in [-0.2, 0) is 4.79 Å². The maximum absolute atomic E-state index is 13.4. The predicted molar refractivity (Wildman–Crippen MR) is 153 cm³/mol. The molecule has 1 aromatic heterocycles. The Morgan fingerprint density at radius 2 is 1.77 bits per heavy atom. The van der Waals surface area contributed by atoms with Crippen LogP contribution < -0.4 is 10.1 Å². The summed E-state index contributed by atoms with van der Waals surface area (Å²) in [6.07, 6.45) is 1.49. The summed E-state index contributed by atoms with van der Waals surface area (Å²) in [6, 6.07) is 23.0. The van der Waals surface area contributed by atoms with Gasteiger partial charge in [0.2, 0.25) is 5.91 Å². The summed E-state index contributed by atoms with van der Waals surface area (Å²) in [5.41, 5.74) is 2.74. The molecule has 0 saturated heterocycles. The molecule has 2 amide bonds. The number of ether oxygens (including phenoxy) is 1. The van der Waals surface area contributed by atoms with Gasteiger partial charge in [-0.25, -0.2) is 4.68 Å². The first kappa shape index (κ1) is 28.0. The van der Waals surface area contributed by atoms with Crippen molar-refractivity contribution in [2.24, 2.45) is 0 Å². The first-order valence-corrected chi connectivity index (χ1v) is 12.9. The second kappa shape index (κ2) is 12.7. The SMILES string of the molecule is CCCCN(CC(=O)Nc1cc(-c2ccccc2)nn1-c1ccc(OC)cc1)C(=O)c1ccc(C)c([N+](=O)[O-])c1. The normalized spacial score (nSPS) is 10.7. The van der Waals surface area contributed by atoms with Crippen LogP contribution in [0, 0.1) is 17.0 Å². The van der Waals surface area contributed by atoms with E-state index >= 15 is 0 Å². The summed E-state index contributed by atoms with van der Waals surface area (Å²) in [6.45, 7) is 3.70. The Morgan fingerprint density at radius 3 is 2.42 bits per heavy atom. The van der Waals surface area contributed by atoms with Crippen molar-refractivity contribution in [1.82, 2.24) is 14.7 Å². The number of methoxy groups -OCH3 is 1. The van der Waals surface area contributed by atoms with E-state index in [9.17, 15) is 19.7 Å². The van der Waals surface area contributed by atoms with Gasteiger partial charge in [0.1, 0.15) is 18.1 Å². The number of benzene rings is 3.